The van der Waals surface area contributed by atoms with Gasteiger partial charge in [-0.05, 0) is 5.56 Å². The van der Waals surface area contributed by atoms with Gasteiger partial charge in [-0.2, -0.15) is 0 Å². The predicted molar refractivity (Wildman–Crippen MR) is 70.3 cm³/mol. The standard InChI is InChI=1S/C13H13N3O4/c17-11(18)6-9(8-4-2-1-3-5-8)15-12(19)10-7-14-13(20)16-10/h1-5,7,9H,6H2,(H,15,19)(H,17,18)(H2,14,16,20). The Morgan fingerprint density at radius 2 is 1.95 bits per heavy atom. The Kier molecular flexibility index (Phi) is 3.99. The Hall–Kier alpha value is -2.83. The first kappa shape index (κ1) is 13.6. The van der Waals surface area contributed by atoms with Crippen LogP contribution in [0.4, 0.5) is 0 Å². The lowest BCUT2D eigenvalue weighted by Crippen LogP contribution is -2.30. The van der Waals surface area contributed by atoms with E-state index in [0.717, 1.165) is 0 Å². The molecule has 0 aliphatic rings. The van der Waals surface area contributed by atoms with Gasteiger partial charge in [-0.15, -0.1) is 0 Å². The van der Waals surface area contributed by atoms with Crippen molar-refractivity contribution in [1.82, 2.24) is 15.3 Å². The molecule has 0 saturated heterocycles. The van der Waals surface area contributed by atoms with Gasteiger partial charge in [0, 0.05) is 6.20 Å². The summed E-state index contributed by atoms with van der Waals surface area (Å²) in [5, 5.41) is 11.5. The van der Waals surface area contributed by atoms with Crippen LogP contribution >= 0.6 is 0 Å². The average molecular weight is 275 g/mol. The molecule has 0 saturated carbocycles. The molecule has 1 aromatic carbocycles. The number of carbonyl (C=O) groups is 2. The predicted octanol–water partition coefficient (Wildman–Crippen LogP) is 0.649. The number of carboxylic acid groups (broad SMARTS) is 1. The summed E-state index contributed by atoms with van der Waals surface area (Å²) in [5.74, 6) is -1.57. The highest BCUT2D eigenvalue weighted by atomic mass is 16.4. The number of hydrogen-bond acceptors (Lipinski definition) is 3. The molecular weight excluding hydrogens is 262 g/mol. The molecule has 7 nitrogen and oxygen atoms in total. The van der Waals surface area contributed by atoms with Gasteiger partial charge >= 0.3 is 11.7 Å². The molecule has 20 heavy (non-hydrogen) atoms. The molecule has 0 spiro atoms. The summed E-state index contributed by atoms with van der Waals surface area (Å²) < 4.78 is 0. The number of rotatable bonds is 5. The van der Waals surface area contributed by atoms with Crippen molar-refractivity contribution >= 4 is 11.9 Å². The van der Waals surface area contributed by atoms with Gasteiger partial charge in [-0.25, -0.2) is 4.79 Å². The van der Waals surface area contributed by atoms with Crippen LogP contribution in [0.2, 0.25) is 0 Å². The smallest absolute Gasteiger partial charge is 0.323 e. The van der Waals surface area contributed by atoms with Crippen molar-refractivity contribution in [3.63, 3.8) is 0 Å². The molecule has 1 unspecified atom stereocenters. The summed E-state index contributed by atoms with van der Waals surface area (Å²) >= 11 is 0. The third kappa shape index (κ3) is 3.35. The summed E-state index contributed by atoms with van der Waals surface area (Å²) in [4.78, 5) is 38.4. The Labute approximate surface area is 113 Å². The van der Waals surface area contributed by atoms with Crippen molar-refractivity contribution < 1.29 is 14.7 Å². The highest BCUT2D eigenvalue weighted by Gasteiger charge is 2.19. The van der Waals surface area contributed by atoms with E-state index in [1.165, 1.54) is 6.20 Å². The first-order valence-corrected chi connectivity index (χ1v) is 5.91. The first-order chi connectivity index (χ1) is 9.56. The molecule has 104 valence electrons. The maximum absolute atomic E-state index is 11.9. The lowest BCUT2D eigenvalue weighted by atomic mass is 10.0. The van der Waals surface area contributed by atoms with Crippen LogP contribution in [0, 0.1) is 0 Å². The van der Waals surface area contributed by atoms with Crippen LogP contribution in [-0.4, -0.2) is 27.0 Å². The number of amides is 1. The van der Waals surface area contributed by atoms with E-state index in [1.54, 1.807) is 30.3 Å². The molecule has 1 heterocycles. The average Bonchev–Trinajstić information content (AvgIpc) is 2.85. The minimum atomic E-state index is -1.03. The van der Waals surface area contributed by atoms with Crippen LogP contribution in [-0.2, 0) is 4.79 Å². The van der Waals surface area contributed by atoms with Crippen molar-refractivity contribution in [2.45, 2.75) is 12.5 Å². The number of aromatic amines is 2. The summed E-state index contributed by atoms with van der Waals surface area (Å²) in [6.07, 6.45) is 0.991. The van der Waals surface area contributed by atoms with Gasteiger partial charge in [-0.3, -0.25) is 9.59 Å². The van der Waals surface area contributed by atoms with Crippen LogP contribution in [0.3, 0.4) is 0 Å². The lowest BCUT2D eigenvalue weighted by molar-refractivity contribution is -0.137. The minimum Gasteiger partial charge on any atom is -0.481 e. The number of nitrogens with one attached hydrogen (secondary N) is 3. The third-order valence-corrected chi connectivity index (χ3v) is 2.73. The fourth-order valence-corrected chi connectivity index (χ4v) is 1.80. The number of imidazole rings is 1. The zero-order valence-electron chi connectivity index (χ0n) is 10.4. The van der Waals surface area contributed by atoms with E-state index in [1.807, 2.05) is 0 Å². The molecule has 0 aliphatic heterocycles. The van der Waals surface area contributed by atoms with Crippen LogP contribution < -0.4 is 11.0 Å². The van der Waals surface area contributed by atoms with Gasteiger partial charge in [-0.1, -0.05) is 30.3 Å². The molecule has 1 aromatic heterocycles. The topological polar surface area (TPSA) is 115 Å². The Morgan fingerprint density at radius 3 is 2.50 bits per heavy atom. The van der Waals surface area contributed by atoms with Crippen molar-refractivity contribution in [2.24, 2.45) is 0 Å². The van der Waals surface area contributed by atoms with E-state index >= 15 is 0 Å². The monoisotopic (exact) mass is 275 g/mol. The Balaban J connectivity index is 2.18. The molecule has 1 amide bonds. The molecule has 4 N–H and O–H groups in total. The lowest BCUT2D eigenvalue weighted by Gasteiger charge is -2.16. The number of H-pyrrole nitrogens is 2. The molecule has 0 bridgehead atoms. The number of aromatic nitrogens is 2. The largest absolute Gasteiger partial charge is 0.481 e. The summed E-state index contributed by atoms with van der Waals surface area (Å²) in [6.45, 7) is 0. The van der Waals surface area contributed by atoms with E-state index < -0.39 is 23.6 Å². The summed E-state index contributed by atoms with van der Waals surface area (Å²) in [5.41, 5.74) is 0.243. The Bertz CT molecular complexity index is 660. The quantitative estimate of drug-likeness (QED) is 0.641. The number of benzene rings is 1. The van der Waals surface area contributed by atoms with Crippen molar-refractivity contribution in [3.8, 4) is 0 Å². The maximum Gasteiger partial charge on any atom is 0.323 e. The highest BCUT2D eigenvalue weighted by Crippen LogP contribution is 2.16. The first-order valence-electron chi connectivity index (χ1n) is 5.91. The molecule has 2 rings (SSSR count). The van der Waals surface area contributed by atoms with Gasteiger partial charge in [0.1, 0.15) is 5.69 Å². The van der Waals surface area contributed by atoms with Gasteiger partial charge in [0.05, 0.1) is 12.5 Å². The van der Waals surface area contributed by atoms with Crippen LogP contribution in [0.15, 0.2) is 41.3 Å². The third-order valence-electron chi connectivity index (χ3n) is 2.73. The molecule has 0 aliphatic carbocycles. The number of carboxylic acids is 1. The second kappa shape index (κ2) is 5.87. The van der Waals surface area contributed by atoms with Gasteiger partial charge in [0.2, 0.25) is 0 Å². The van der Waals surface area contributed by atoms with E-state index in [9.17, 15) is 14.4 Å². The fraction of sp³-hybridized carbons (Fsp3) is 0.154. The zero-order chi connectivity index (χ0) is 14.5. The van der Waals surface area contributed by atoms with Crippen LogP contribution in [0.25, 0.3) is 0 Å². The number of hydrogen-bond donors (Lipinski definition) is 4. The van der Waals surface area contributed by atoms with Gasteiger partial charge in [0.25, 0.3) is 5.91 Å². The second-order valence-electron chi connectivity index (χ2n) is 4.19. The number of aliphatic carboxylic acids is 1. The molecular formula is C13H13N3O4. The van der Waals surface area contributed by atoms with Gasteiger partial charge < -0.3 is 20.4 Å². The number of carbonyl (C=O) groups excluding carboxylic acids is 1. The van der Waals surface area contributed by atoms with E-state index in [-0.39, 0.29) is 12.1 Å². The second-order valence-corrected chi connectivity index (χ2v) is 4.19. The normalized spacial score (nSPS) is 11.8. The molecule has 1 atom stereocenters. The van der Waals surface area contributed by atoms with Crippen LogP contribution in [0.1, 0.15) is 28.5 Å². The van der Waals surface area contributed by atoms with E-state index in [4.69, 9.17) is 5.11 Å². The summed E-state index contributed by atoms with van der Waals surface area (Å²) in [7, 11) is 0. The molecule has 2 aromatic rings. The fourth-order valence-electron chi connectivity index (χ4n) is 1.80. The molecule has 0 radical (unpaired) electrons. The molecule has 0 fully saturated rings. The SMILES string of the molecule is O=C(O)CC(NC(=O)c1c[nH]c(=O)[nH]1)c1ccccc1. The Morgan fingerprint density at radius 1 is 1.25 bits per heavy atom. The van der Waals surface area contributed by atoms with E-state index in [0.29, 0.717) is 5.56 Å². The highest BCUT2D eigenvalue weighted by molar-refractivity contribution is 5.92. The molecule has 7 heteroatoms. The van der Waals surface area contributed by atoms with Crippen molar-refractivity contribution in [3.05, 3.63) is 58.3 Å². The minimum absolute atomic E-state index is 0.0568. The van der Waals surface area contributed by atoms with E-state index in [2.05, 4.69) is 15.3 Å². The summed E-state index contributed by atoms with van der Waals surface area (Å²) in [6, 6.07) is 8.11. The van der Waals surface area contributed by atoms with Gasteiger partial charge in [0.15, 0.2) is 0 Å². The van der Waals surface area contributed by atoms with Crippen molar-refractivity contribution in [1.29, 1.82) is 0 Å². The van der Waals surface area contributed by atoms with Crippen LogP contribution in [0.5, 0.6) is 0 Å². The zero-order valence-corrected chi connectivity index (χ0v) is 10.4. The van der Waals surface area contributed by atoms with Crippen molar-refractivity contribution in [2.75, 3.05) is 0 Å². The maximum atomic E-state index is 11.9.